The van der Waals surface area contributed by atoms with Crippen LogP contribution in [0.3, 0.4) is 0 Å². The highest BCUT2D eigenvalue weighted by Crippen LogP contribution is 2.24. The summed E-state index contributed by atoms with van der Waals surface area (Å²) < 4.78 is 6.36. The van der Waals surface area contributed by atoms with Crippen molar-refractivity contribution in [2.45, 2.75) is 27.2 Å². The molecule has 0 radical (unpaired) electrons. The number of nitrogens with two attached hydrogens (primary N) is 2. The second-order valence-electron chi connectivity index (χ2n) is 7.70. The van der Waals surface area contributed by atoms with Gasteiger partial charge in [0.25, 0.3) is 11.5 Å². The number of halogens is 1. The van der Waals surface area contributed by atoms with Crippen molar-refractivity contribution in [1.29, 1.82) is 0 Å². The summed E-state index contributed by atoms with van der Waals surface area (Å²) in [6.07, 6.45) is 5.91. The van der Waals surface area contributed by atoms with Gasteiger partial charge < -0.3 is 16.2 Å². The van der Waals surface area contributed by atoms with Crippen molar-refractivity contribution in [3.05, 3.63) is 93.6 Å². The number of benzene rings is 2. The molecule has 3 aromatic heterocycles. The molecule has 0 bridgehead atoms. The van der Waals surface area contributed by atoms with Gasteiger partial charge in [0.05, 0.1) is 16.1 Å². The summed E-state index contributed by atoms with van der Waals surface area (Å²) in [5, 5.41) is 5.80. The highest BCUT2D eigenvalue weighted by molar-refractivity contribution is 7.99. The van der Waals surface area contributed by atoms with Gasteiger partial charge in [-0.25, -0.2) is 9.50 Å². The fraction of sp³-hybridized carbons (Fsp3) is 0.185. The number of hydrogen-bond donors (Lipinski definition) is 3. The van der Waals surface area contributed by atoms with Gasteiger partial charge in [-0.1, -0.05) is 62.5 Å². The summed E-state index contributed by atoms with van der Waals surface area (Å²) in [5.41, 5.74) is 13.8. The number of rotatable bonds is 5. The predicted octanol–water partition coefficient (Wildman–Crippen LogP) is 5.33. The number of primary amides is 1. The number of pyridine rings is 1. The highest BCUT2D eigenvalue weighted by atomic mass is 35.5. The van der Waals surface area contributed by atoms with E-state index in [1.54, 1.807) is 29.1 Å². The van der Waals surface area contributed by atoms with Crippen molar-refractivity contribution in [1.82, 2.24) is 19.2 Å². The number of amides is 1. The van der Waals surface area contributed by atoms with Gasteiger partial charge in [-0.3, -0.25) is 14.2 Å². The number of carbonyl (C=O) groups excluding carboxylic acids is 1. The van der Waals surface area contributed by atoms with Crippen LogP contribution in [0.25, 0.3) is 22.1 Å². The molecule has 0 aliphatic carbocycles. The topological polar surface area (TPSA) is 133 Å². The van der Waals surface area contributed by atoms with Gasteiger partial charge in [0.2, 0.25) is 0 Å². The average Bonchev–Trinajstić information content (AvgIpc) is 3.26. The van der Waals surface area contributed by atoms with Gasteiger partial charge >= 0.3 is 0 Å². The molecule has 1 amide bonds. The van der Waals surface area contributed by atoms with Gasteiger partial charge in [-0.05, 0) is 48.2 Å². The maximum atomic E-state index is 13.1. The van der Waals surface area contributed by atoms with Crippen LogP contribution in [0.2, 0.25) is 5.02 Å². The first kappa shape index (κ1) is 28.5. The Balaban J connectivity index is 0.000000225. The number of fused-ring (bicyclic) bond motifs is 2. The second kappa shape index (κ2) is 13.0. The van der Waals surface area contributed by atoms with Gasteiger partial charge in [-0.2, -0.15) is 0 Å². The molecule has 0 atom stereocenters. The van der Waals surface area contributed by atoms with Crippen LogP contribution in [0.15, 0.2) is 71.8 Å². The SMILES string of the molecule is CC.CCc1cc2cccc(Cl)c2c(=O)n1-c1cccc(NSC)c1.NC(=O)c1c(N)nn2cccnc12. The summed E-state index contributed by atoms with van der Waals surface area (Å²) in [5.74, 6) is -0.516. The lowest BCUT2D eigenvalue weighted by molar-refractivity contribution is 0.100. The Hall–Kier alpha value is -4.02. The first-order chi connectivity index (χ1) is 18.3. The Morgan fingerprint density at radius 1 is 1.13 bits per heavy atom. The van der Waals surface area contributed by atoms with Crippen molar-refractivity contribution in [3.63, 3.8) is 0 Å². The number of anilines is 2. The summed E-state index contributed by atoms with van der Waals surface area (Å²) in [4.78, 5) is 27.9. The molecule has 3 heterocycles. The average molecular weight is 552 g/mol. The molecule has 0 saturated heterocycles. The van der Waals surface area contributed by atoms with Crippen LogP contribution < -0.4 is 21.7 Å². The number of aromatic nitrogens is 4. The first-order valence-electron chi connectivity index (χ1n) is 12.0. The van der Waals surface area contributed by atoms with Crippen molar-refractivity contribution >= 4 is 57.4 Å². The van der Waals surface area contributed by atoms with E-state index in [2.05, 4.69) is 14.8 Å². The Morgan fingerprint density at radius 2 is 1.87 bits per heavy atom. The Bertz CT molecular complexity index is 1630. The fourth-order valence-electron chi connectivity index (χ4n) is 3.88. The maximum Gasteiger partial charge on any atom is 0.264 e. The van der Waals surface area contributed by atoms with Crippen LogP contribution in [-0.4, -0.2) is 31.3 Å². The van der Waals surface area contributed by atoms with E-state index in [4.69, 9.17) is 23.1 Å². The van der Waals surface area contributed by atoms with Crippen LogP contribution in [0.5, 0.6) is 0 Å². The molecule has 0 spiro atoms. The minimum absolute atomic E-state index is 0.0775. The van der Waals surface area contributed by atoms with Crippen molar-refractivity contribution in [2.24, 2.45) is 5.73 Å². The molecular formula is C27H30ClN7O2S. The van der Waals surface area contributed by atoms with Crippen molar-refractivity contribution in [2.75, 3.05) is 16.7 Å². The third-order valence-corrected chi connectivity index (χ3v) is 6.18. The molecular weight excluding hydrogens is 522 g/mol. The smallest absolute Gasteiger partial charge is 0.264 e. The van der Waals surface area contributed by atoms with E-state index in [0.717, 1.165) is 28.9 Å². The predicted molar refractivity (Wildman–Crippen MR) is 158 cm³/mol. The van der Waals surface area contributed by atoms with Gasteiger partial charge in [0.1, 0.15) is 5.56 Å². The van der Waals surface area contributed by atoms with E-state index in [1.165, 1.54) is 16.5 Å². The molecule has 0 saturated carbocycles. The van der Waals surface area contributed by atoms with Gasteiger partial charge in [-0.15, -0.1) is 5.10 Å². The molecule has 9 nitrogen and oxygen atoms in total. The lowest BCUT2D eigenvalue weighted by Crippen LogP contribution is -2.22. The highest BCUT2D eigenvalue weighted by Gasteiger charge is 2.15. The number of aryl methyl sites for hydroxylation is 1. The Labute approximate surface area is 229 Å². The van der Waals surface area contributed by atoms with Crippen molar-refractivity contribution < 1.29 is 4.79 Å². The Morgan fingerprint density at radius 3 is 2.55 bits per heavy atom. The van der Waals surface area contributed by atoms with Crippen LogP contribution in [0.4, 0.5) is 11.5 Å². The summed E-state index contributed by atoms with van der Waals surface area (Å²) in [6.45, 7) is 6.05. The summed E-state index contributed by atoms with van der Waals surface area (Å²) in [7, 11) is 0. The number of hydrogen-bond acceptors (Lipinski definition) is 7. The van der Waals surface area contributed by atoms with Crippen LogP contribution in [0, 0.1) is 0 Å². The lowest BCUT2D eigenvalue weighted by atomic mass is 10.1. The molecule has 5 N–H and O–H groups in total. The molecule has 38 heavy (non-hydrogen) atoms. The molecule has 11 heteroatoms. The van der Waals surface area contributed by atoms with Crippen LogP contribution >= 0.6 is 23.5 Å². The molecule has 198 valence electrons. The van der Waals surface area contributed by atoms with E-state index in [1.807, 2.05) is 69.5 Å². The number of nitrogen functional groups attached to an aromatic ring is 1. The standard InChI is InChI=1S/C18H17ClN2OS.C7H7N5O.C2H6/c1-3-14-10-12-6-4-9-16(19)17(12)18(22)21(14)15-8-5-7-13(11-15)20-23-2;8-5-4(6(9)13)7-10-2-1-3-12(7)11-5;1-2/h4-11,20H,3H2,1-2H3;1-3H,(H2,8,11)(H2,9,13);1-2H3. The zero-order valence-corrected chi connectivity index (χ0v) is 23.2. The third-order valence-electron chi connectivity index (χ3n) is 5.43. The minimum atomic E-state index is -0.619. The largest absolute Gasteiger partial charge is 0.381 e. The molecule has 5 rings (SSSR count). The Kier molecular flexibility index (Phi) is 9.75. The maximum absolute atomic E-state index is 13.1. The van der Waals surface area contributed by atoms with E-state index in [0.29, 0.717) is 16.1 Å². The first-order valence-corrected chi connectivity index (χ1v) is 13.6. The zero-order chi connectivity index (χ0) is 27.8. The van der Waals surface area contributed by atoms with Gasteiger partial charge in [0.15, 0.2) is 11.5 Å². The molecule has 0 fully saturated rings. The second-order valence-corrected chi connectivity index (χ2v) is 8.72. The van der Waals surface area contributed by atoms with E-state index < -0.39 is 5.91 Å². The zero-order valence-electron chi connectivity index (χ0n) is 21.6. The normalized spacial score (nSPS) is 10.3. The number of carbonyl (C=O) groups is 1. The van der Waals surface area contributed by atoms with Crippen LogP contribution in [0.1, 0.15) is 36.8 Å². The minimum Gasteiger partial charge on any atom is -0.381 e. The van der Waals surface area contributed by atoms with E-state index in [9.17, 15) is 9.59 Å². The van der Waals surface area contributed by atoms with E-state index in [-0.39, 0.29) is 16.9 Å². The quantitative estimate of drug-likeness (QED) is 0.251. The molecule has 5 aromatic rings. The monoisotopic (exact) mass is 551 g/mol. The third kappa shape index (κ3) is 5.92. The number of nitrogens with one attached hydrogen (secondary N) is 1. The molecule has 2 aromatic carbocycles. The van der Waals surface area contributed by atoms with Crippen LogP contribution in [-0.2, 0) is 6.42 Å². The molecule has 0 aliphatic heterocycles. The van der Waals surface area contributed by atoms with Gasteiger partial charge in [0, 0.05) is 30.0 Å². The lowest BCUT2D eigenvalue weighted by Gasteiger charge is -2.15. The fourth-order valence-corrected chi connectivity index (χ4v) is 4.51. The molecule has 0 unspecified atom stereocenters. The van der Waals surface area contributed by atoms with Crippen molar-refractivity contribution in [3.8, 4) is 5.69 Å². The summed E-state index contributed by atoms with van der Waals surface area (Å²) >= 11 is 7.79. The van der Waals surface area contributed by atoms with E-state index >= 15 is 0 Å². The number of nitrogens with zero attached hydrogens (tertiary/aromatic N) is 4. The summed E-state index contributed by atoms with van der Waals surface area (Å²) in [6, 6.07) is 17.1. The molecule has 0 aliphatic rings.